The molecule has 0 aliphatic heterocycles. The first-order valence-corrected chi connectivity index (χ1v) is 7.20. The molecular weight excluding hydrogens is 280 g/mol. The van der Waals surface area contributed by atoms with E-state index in [4.69, 9.17) is 4.52 Å². The molecule has 1 aromatic carbocycles. The van der Waals surface area contributed by atoms with Crippen LogP contribution in [0.15, 0.2) is 41.2 Å². The fourth-order valence-corrected chi connectivity index (χ4v) is 2.14. The summed E-state index contributed by atoms with van der Waals surface area (Å²) in [5.41, 5.74) is 1.09. The van der Waals surface area contributed by atoms with E-state index in [2.05, 4.69) is 30.6 Å². The van der Waals surface area contributed by atoms with Crippen molar-refractivity contribution >= 4 is 0 Å². The minimum Gasteiger partial charge on any atom is -0.338 e. The monoisotopic (exact) mass is 298 g/mol. The molecule has 0 radical (unpaired) electrons. The Labute approximate surface area is 128 Å². The van der Waals surface area contributed by atoms with Crippen molar-refractivity contribution in [1.82, 2.24) is 30.6 Å². The van der Waals surface area contributed by atoms with Gasteiger partial charge in [-0.25, -0.2) is 4.98 Å². The molecule has 2 aromatic heterocycles. The van der Waals surface area contributed by atoms with Crippen molar-refractivity contribution in [3.63, 3.8) is 0 Å². The molecule has 1 atom stereocenters. The molecule has 3 aromatic rings. The largest absolute Gasteiger partial charge is 0.338 e. The van der Waals surface area contributed by atoms with Gasteiger partial charge in [-0.3, -0.25) is 10.4 Å². The van der Waals surface area contributed by atoms with Gasteiger partial charge in [0, 0.05) is 5.92 Å². The van der Waals surface area contributed by atoms with Crippen molar-refractivity contribution in [2.75, 3.05) is 0 Å². The van der Waals surface area contributed by atoms with Gasteiger partial charge in [-0.1, -0.05) is 49.3 Å². The summed E-state index contributed by atoms with van der Waals surface area (Å²) in [4.78, 5) is 8.61. The smallest absolute Gasteiger partial charge is 0.240 e. The van der Waals surface area contributed by atoms with Crippen molar-refractivity contribution < 1.29 is 4.52 Å². The molecule has 2 N–H and O–H groups in total. The number of rotatable bonds is 6. The molecular formula is C15H18N6O. The Morgan fingerprint density at radius 1 is 1.23 bits per heavy atom. The van der Waals surface area contributed by atoms with Gasteiger partial charge in [0.1, 0.15) is 12.2 Å². The van der Waals surface area contributed by atoms with Gasteiger partial charge < -0.3 is 4.52 Å². The Kier molecular flexibility index (Phi) is 4.24. The number of aromatic amines is 1. The number of nitrogens with one attached hydrogen (secondary N) is 2. The zero-order chi connectivity index (χ0) is 15.4. The van der Waals surface area contributed by atoms with Crippen LogP contribution in [-0.2, 0) is 6.54 Å². The third kappa shape index (κ3) is 3.20. The van der Waals surface area contributed by atoms with Gasteiger partial charge >= 0.3 is 0 Å². The maximum Gasteiger partial charge on any atom is 0.240 e. The first kappa shape index (κ1) is 14.4. The molecule has 0 amide bonds. The molecule has 114 valence electrons. The van der Waals surface area contributed by atoms with Crippen LogP contribution in [0.3, 0.4) is 0 Å². The van der Waals surface area contributed by atoms with E-state index < -0.39 is 0 Å². The molecule has 2 heterocycles. The molecule has 1 unspecified atom stereocenters. The van der Waals surface area contributed by atoms with Gasteiger partial charge in [-0.05, 0) is 5.56 Å². The van der Waals surface area contributed by atoms with Crippen molar-refractivity contribution in [3.05, 3.63) is 59.8 Å². The second kappa shape index (κ2) is 6.48. The molecule has 7 heteroatoms. The first-order chi connectivity index (χ1) is 10.7. The quantitative estimate of drug-likeness (QED) is 0.724. The third-order valence-electron chi connectivity index (χ3n) is 3.30. The SMILES string of the molecule is CC(C)c1noc(CNC(c2ccccc2)c2ncn[nH]2)n1. The lowest BCUT2D eigenvalue weighted by atomic mass is 10.1. The summed E-state index contributed by atoms with van der Waals surface area (Å²) in [7, 11) is 0. The average Bonchev–Trinajstić information content (AvgIpc) is 3.20. The Balaban J connectivity index is 1.76. The molecule has 0 aliphatic carbocycles. The van der Waals surface area contributed by atoms with E-state index >= 15 is 0 Å². The number of benzene rings is 1. The summed E-state index contributed by atoms with van der Waals surface area (Å²) in [5.74, 6) is 2.27. The average molecular weight is 298 g/mol. The van der Waals surface area contributed by atoms with Crippen molar-refractivity contribution in [2.24, 2.45) is 0 Å². The zero-order valence-electron chi connectivity index (χ0n) is 12.5. The third-order valence-corrected chi connectivity index (χ3v) is 3.30. The highest BCUT2D eigenvalue weighted by Gasteiger charge is 2.18. The standard InChI is InChI=1S/C15H18N6O/c1-10(2)14-19-12(22-21-14)8-16-13(15-17-9-18-20-15)11-6-4-3-5-7-11/h3-7,9-10,13,16H,8H2,1-2H3,(H,17,18,20). The molecule has 7 nitrogen and oxygen atoms in total. The van der Waals surface area contributed by atoms with Crippen LogP contribution in [0.2, 0.25) is 0 Å². The maximum absolute atomic E-state index is 5.26. The van der Waals surface area contributed by atoms with Crippen LogP contribution >= 0.6 is 0 Å². The van der Waals surface area contributed by atoms with Gasteiger partial charge in [-0.2, -0.15) is 10.1 Å². The van der Waals surface area contributed by atoms with Crippen LogP contribution in [-0.4, -0.2) is 25.3 Å². The summed E-state index contributed by atoms with van der Waals surface area (Å²) in [6.45, 7) is 4.52. The molecule has 3 rings (SSSR count). The first-order valence-electron chi connectivity index (χ1n) is 7.20. The lowest BCUT2D eigenvalue weighted by Crippen LogP contribution is -2.23. The fourth-order valence-electron chi connectivity index (χ4n) is 2.14. The van der Waals surface area contributed by atoms with Crippen LogP contribution < -0.4 is 5.32 Å². The molecule has 0 spiro atoms. The van der Waals surface area contributed by atoms with E-state index in [1.54, 1.807) is 0 Å². The predicted molar refractivity (Wildman–Crippen MR) is 79.9 cm³/mol. The summed E-state index contributed by atoms with van der Waals surface area (Å²) < 4.78 is 5.26. The molecule has 0 aliphatic rings. The second-order valence-electron chi connectivity index (χ2n) is 5.30. The van der Waals surface area contributed by atoms with Gasteiger partial charge in [0.2, 0.25) is 5.89 Å². The summed E-state index contributed by atoms with van der Waals surface area (Å²) >= 11 is 0. The topological polar surface area (TPSA) is 92.5 Å². The van der Waals surface area contributed by atoms with Gasteiger partial charge in [-0.15, -0.1) is 0 Å². The second-order valence-corrected chi connectivity index (χ2v) is 5.30. The highest BCUT2D eigenvalue weighted by molar-refractivity contribution is 5.24. The van der Waals surface area contributed by atoms with E-state index in [-0.39, 0.29) is 12.0 Å². The maximum atomic E-state index is 5.26. The molecule has 0 fully saturated rings. The Bertz CT molecular complexity index is 692. The highest BCUT2D eigenvalue weighted by Crippen LogP contribution is 2.19. The van der Waals surface area contributed by atoms with Gasteiger partial charge in [0.25, 0.3) is 0 Å². The normalized spacial score (nSPS) is 12.7. The number of H-pyrrole nitrogens is 1. The van der Waals surface area contributed by atoms with Crippen LogP contribution in [0, 0.1) is 0 Å². The Hall–Kier alpha value is -2.54. The summed E-state index contributed by atoms with van der Waals surface area (Å²) in [5, 5.41) is 14.2. The van der Waals surface area contributed by atoms with E-state index in [1.165, 1.54) is 6.33 Å². The summed E-state index contributed by atoms with van der Waals surface area (Å²) in [6.07, 6.45) is 1.50. The van der Waals surface area contributed by atoms with E-state index in [9.17, 15) is 0 Å². The molecule has 0 saturated heterocycles. The van der Waals surface area contributed by atoms with Crippen LogP contribution in [0.4, 0.5) is 0 Å². The highest BCUT2D eigenvalue weighted by atomic mass is 16.5. The molecule has 0 bridgehead atoms. The molecule has 22 heavy (non-hydrogen) atoms. The Morgan fingerprint density at radius 3 is 2.68 bits per heavy atom. The van der Waals surface area contributed by atoms with Gasteiger partial charge in [0.15, 0.2) is 5.82 Å². The number of aromatic nitrogens is 5. The minimum atomic E-state index is -0.113. The van der Waals surface area contributed by atoms with E-state index in [0.717, 1.165) is 11.4 Å². The number of nitrogens with zero attached hydrogens (tertiary/aromatic N) is 4. The van der Waals surface area contributed by atoms with Crippen molar-refractivity contribution in [3.8, 4) is 0 Å². The predicted octanol–water partition coefficient (Wildman–Crippen LogP) is 2.19. The fraction of sp³-hybridized carbons (Fsp3) is 0.333. The lowest BCUT2D eigenvalue weighted by Gasteiger charge is -2.15. The van der Waals surface area contributed by atoms with Crippen LogP contribution in [0.25, 0.3) is 0 Å². The lowest BCUT2D eigenvalue weighted by molar-refractivity contribution is 0.356. The van der Waals surface area contributed by atoms with Crippen LogP contribution in [0.1, 0.15) is 48.9 Å². The Morgan fingerprint density at radius 2 is 2.05 bits per heavy atom. The van der Waals surface area contributed by atoms with Crippen molar-refractivity contribution in [1.29, 1.82) is 0 Å². The molecule has 0 saturated carbocycles. The summed E-state index contributed by atoms with van der Waals surface area (Å²) in [6, 6.07) is 9.92. The number of hydrogen-bond acceptors (Lipinski definition) is 6. The zero-order valence-corrected chi connectivity index (χ0v) is 12.5. The van der Waals surface area contributed by atoms with Gasteiger partial charge in [0.05, 0.1) is 12.6 Å². The van der Waals surface area contributed by atoms with Crippen LogP contribution in [0.5, 0.6) is 0 Å². The van der Waals surface area contributed by atoms with Crippen molar-refractivity contribution in [2.45, 2.75) is 32.4 Å². The number of hydrogen-bond donors (Lipinski definition) is 2. The minimum absolute atomic E-state index is 0.113. The van der Waals surface area contributed by atoms with E-state index in [0.29, 0.717) is 18.3 Å². The van der Waals surface area contributed by atoms with E-state index in [1.807, 2.05) is 44.2 Å².